The molecule has 4 nitrogen and oxygen atoms in total. The number of halogens is 2. The molecule has 1 unspecified atom stereocenters. The Morgan fingerprint density at radius 1 is 1.53 bits per heavy atom. The van der Waals surface area contributed by atoms with Crippen LogP contribution in [-0.4, -0.2) is 27.9 Å². The molecule has 100 valence electrons. The molecule has 1 aliphatic rings. The normalized spacial score (nSPS) is 19.1. The van der Waals surface area contributed by atoms with Crippen LogP contribution in [0.15, 0.2) is 22.7 Å². The number of imidazole rings is 1. The van der Waals surface area contributed by atoms with Crippen LogP contribution in [0.1, 0.15) is 18.3 Å². The summed E-state index contributed by atoms with van der Waals surface area (Å²) < 4.78 is 3.16. The van der Waals surface area contributed by atoms with Gasteiger partial charge in [0.25, 0.3) is 0 Å². The fourth-order valence-electron chi connectivity index (χ4n) is 2.56. The van der Waals surface area contributed by atoms with E-state index < -0.39 is 0 Å². The first-order chi connectivity index (χ1) is 9.19. The summed E-state index contributed by atoms with van der Waals surface area (Å²) in [5.41, 5.74) is 2.00. The molecule has 1 aliphatic heterocycles. The molecule has 3 rings (SSSR count). The molecule has 1 saturated heterocycles. The zero-order valence-electron chi connectivity index (χ0n) is 10.2. The van der Waals surface area contributed by atoms with Crippen molar-refractivity contribution in [2.24, 2.45) is 0 Å². The molecule has 1 amide bonds. The summed E-state index contributed by atoms with van der Waals surface area (Å²) >= 11 is 9.34. The van der Waals surface area contributed by atoms with E-state index in [2.05, 4.69) is 30.8 Å². The third kappa shape index (κ3) is 2.37. The topological polar surface area (TPSA) is 46.9 Å². The molecule has 1 fully saturated rings. The van der Waals surface area contributed by atoms with Crippen molar-refractivity contribution < 1.29 is 4.79 Å². The van der Waals surface area contributed by atoms with Crippen LogP contribution in [0.5, 0.6) is 0 Å². The van der Waals surface area contributed by atoms with Gasteiger partial charge < -0.3 is 9.88 Å². The lowest BCUT2D eigenvalue weighted by atomic mass is 10.2. The van der Waals surface area contributed by atoms with Gasteiger partial charge in [-0.1, -0.05) is 15.9 Å². The molecule has 0 spiro atoms. The molecule has 1 N–H and O–H groups in total. The fraction of sp³-hybridized carbons (Fsp3) is 0.385. The summed E-state index contributed by atoms with van der Waals surface area (Å²) in [6, 6.07) is 6.13. The van der Waals surface area contributed by atoms with Gasteiger partial charge in [0.2, 0.25) is 5.91 Å². The largest absolute Gasteiger partial charge is 0.354 e. The molecule has 1 aromatic carbocycles. The molecule has 2 heterocycles. The van der Waals surface area contributed by atoms with Crippen molar-refractivity contribution in [1.82, 2.24) is 14.9 Å². The molecule has 1 aromatic heterocycles. The number of hydrogen-bond acceptors (Lipinski definition) is 2. The number of carbonyl (C=O) groups is 1. The molecule has 0 bridgehead atoms. The number of benzene rings is 1. The second-order valence-electron chi connectivity index (χ2n) is 4.63. The fourth-order valence-corrected chi connectivity index (χ4v) is 3.07. The van der Waals surface area contributed by atoms with Gasteiger partial charge in [0.05, 0.1) is 17.1 Å². The van der Waals surface area contributed by atoms with Gasteiger partial charge in [-0.05, 0) is 18.2 Å². The Morgan fingerprint density at radius 3 is 3.05 bits per heavy atom. The van der Waals surface area contributed by atoms with Gasteiger partial charge in [-0.15, -0.1) is 11.6 Å². The highest BCUT2D eigenvalue weighted by Crippen LogP contribution is 2.28. The Hall–Kier alpha value is -1.07. The molecular weight excluding hydrogens is 330 g/mol. The number of aryl methyl sites for hydroxylation is 1. The lowest BCUT2D eigenvalue weighted by Crippen LogP contribution is -2.17. The highest BCUT2D eigenvalue weighted by Gasteiger charge is 2.26. The van der Waals surface area contributed by atoms with Gasteiger partial charge in [-0.2, -0.15) is 0 Å². The van der Waals surface area contributed by atoms with Crippen LogP contribution in [0.2, 0.25) is 0 Å². The second kappa shape index (κ2) is 5.13. The van der Waals surface area contributed by atoms with Crippen molar-refractivity contribution in [3.63, 3.8) is 0 Å². The zero-order chi connectivity index (χ0) is 13.4. The number of carbonyl (C=O) groups excluding carboxylic acids is 1. The molecular formula is C13H13BrClN3O. The van der Waals surface area contributed by atoms with Gasteiger partial charge in [-0.3, -0.25) is 4.79 Å². The van der Waals surface area contributed by atoms with Crippen molar-refractivity contribution in [3.8, 4) is 0 Å². The highest BCUT2D eigenvalue weighted by molar-refractivity contribution is 9.10. The minimum atomic E-state index is 0.0960. The number of nitrogens with one attached hydrogen (secondary N) is 1. The Balaban J connectivity index is 2.15. The van der Waals surface area contributed by atoms with Crippen molar-refractivity contribution in [3.05, 3.63) is 28.5 Å². The molecule has 2 aromatic rings. The van der Waals surface area contributed by atoms with E-state index in [-0.39, 0.29) is 11.9 Å². The van der Waals surface area contributed by atoms with Gasteiger partial charge in [0.1, 0.15) is 5.82 Å². The van der Waals surface area contributed by atoms with Crippen molar-refractivity contribution >= 4 is 44.5 Å². The summed E-state index contributed by atoms with van der Waals surface area (Å²) in [4.78, 5) is 16.1. The van der Waals surface area contributed by atoms with Gasteiger partial charge >= 0.3 is 0 Å². The second-order valence-corrected chi connectivity index (χ2v) is 5.93. The summed E-state index contributed by atoms with van der Waals surface area (Å²) in [6.07, 6.45) is 1.21. The van der Waals surface area contributed by atoms with E-state index in [1.165, 1.54) is 0 Å². The van der Waals surface area contributed by atoms with Crippen LogP contribution in [-0.2, 0) is 11.2 Å². The maximum absolute atomic E-state index is 11.4. The maximum Gasteiger partial charge on any atom is 0.222 e. The third-order valence-corrected chi connectivity index (χ3v) is 4.05. The van der Waals surface area contributed by atoms with Crippen molar-refractivity contribution in [2.45, 2.75) is 18.9 Å². The highest BCUT2D eigenvalue weighted by atomic mass is 79.9. The number of alkyl halides is 1. The number of nitrogens with zero attached hydrogens (tertiary/aromatic N) is 2. The summed E-state index contributed by atoms with van der Waals surface area (Å²) in [5, 5.41) is 2.87. The van der Waals surface area contributed by atoms with Crippen molar-refractivity contribution in [1.29, 1.82) is 0 Å². The van der Waals surface area contributed by atoms with Crippen LogP contribution < -0.4 is 5.32 Å². The van der Waals surface area contributed by atoms with E-state index in [4.69, 9.17) is 11.6 Å². The van der Waals surface area contributed by atoms with E-state index in [0.29, 0.717) is 25.3 Å². The molecule has 19 heavy (non-hydrogen) atoms. The smallest absolute Gasteiger partial charge is 0.222 e. The Labute approximate surface area is 124 Å². The van der Waals surface area contributed by atoms with E-state index in [1.807, 2.05) is 18.2 Å². The average Bonchev–Trinajstić information content (AvgIpc) is 2.93. The average molecular weight is 343 g/mol. The van der Waals surface area contributed by atoms with E-state index in [9.17, 15) is 4.79 Å². The van der Waals surface area contributed by atoms with Crippen LogP contribution in [0, 0.1) is 0 Å². The third-order valence-electron chi connectivity index (χ3n) is 3.36. The number of amides is 1. The van der Waals surface area contributed by atoms with Crippen LogP contribution >= 0.6 is 27.5 Å². The Bertz CT molecular complexity index is 640. The summed E-state index contributed by atoms with van der Waals surface area (Å²) in [7, 11) is 0. The Morgan fingerprint density at radius 2 is 2.37 bits per heavy atom. The predicted octanol–water partition coefficient (Wildman–Crippen LogP) is 2.64. The minimum absolute atomic E-state index is 0.0960. The Kier molecular flexibility index (Phi) is 3.50. The standard InChI is InChI=1S/C13H13BrClN3O/c14-8-1-2-10-11(5-8)18(12(17-10)3-4-15)9-6-13(19)16-7-9/h1-2,5,9H,3-4,6-7H2,(H,16,19). The van der Waals surface area contributed by atoms with Crippen LogP contribution in [0.25, 0.3) is 11.0 Å². The van der Waals surface area contributed by atoms with Gasteiger partial charge in [0.15, 0.2) is 0 Å². The zero-order valence-corrected chi connectivity index (χ0v) is 12.5. The summed E-state index contributed by atoms with van der Waals surface area (Å²) in [6.45, 7) is 0.659. The quantitative estimate of drug-likeness (QED) is 0.872. The molecule has 0 aliphatic carbocycles. The number of hydrogen-bond donors (Lipinski definition) is 1. The first-order valence-electron chi connectivity index (χ1n) is 6.18. The molecule has 6 heteroatoms. The number of rotatable bonds is 3. The monoisotopic (exact) mass is 341 g/mol. The SMILES string of the molecule is O=C1CC(n2c(CCCl)nc3ccc(Br)cc32)CN1. The predicted molar refractivity (Wildman–Crippen MR) is 78.5 cm³/mol. The van der Waals surface area contributed by atoms with E-state index in [1.54, 1.807) is 0 Å². The van der Waals surface area contributed by atoms with Crippen LogP contribution in [0.3, 0.4) is 0 Å². The molecule has 1 atom stereocenters. The number of aromatic nitrogens is 2. The number of fused-ring (bicyclic) bond motifs is 1. The summed E-state index contributed by atoms with van der Waals surface area (Å²) in [5.74, 6) is 1.57. The van der Waals surface area contributed by atoms with E-state index >= 15 is 0 Å². The van der Waals surface area contributed by atoms with Gasteiger partial charge in [-0.25, -0.2) is 4.98 Å². The lowest BCUT2D eigenvalue weighted by Gasteiger charge is -2.14. The minimum Gasteiger partial charge on any atom is -0.354 e. The van der Waals surface area contributed by atoms with Crippen LogP contribution in [0.4, 0.5) is 0 Å². The first-order valence-corrected chi connectivity index (χ1v) is 7.51. The first kappa shape index (κ1) is 12.9. The maximum atomic E-state index is 11.4. The van der Waals surface area contributed by atoms with E-state index in [0.717, 1.165) is 21.3 Å². The molecule has 0 radical (unpaired) electrons. The van der Waals surface area contributed by atoms with Gasteiger partial charge in [0, 0.05) is 29.7 Å². The van der Waals surface area contributed by atoms with Crippen molar-refractivity contribution in [2.75, 3.05) is 12.4 Å². The lowest BCUT2D eigenvalue weighted by molar-refractivity contribution is -0.119. The molecule has 0 saturated carbocycles.